The van der Waals surface area contributed by atoms with Gasteiger partial charge in [0.05, 0.1) is 4.47 Å². The number of halogens is 2. The van der Waals surface area contributed by atoms with Crippen molar-refractivity contribution in [1.82, 2.24) is 0 Å². The number of nitrogen functional groups attached to an aromatic ring is 1. The highest BCUT2D eigenvalue weighted by atomic mass is 79.9. The molecule has 16 heavy (non-hydrogen) atoms. The summed E-state index contributed by atoms with van der Waals surface area (Å²) < 4.78 is 19.2. The van der Waals surface area contributed by atoms with Gasteiger partial charge in [0.1, 0.15) is 17.3 Å². The van der Waals surface area contributed by atoms with Crippen LogP contribution < -0.4 is 10.5 Å². The van der Waals surface area contributed by atoms with Crippen LogP contribution in [-0.2, 0) is 0 Å². The molecular weight excluding hydrogens is 273 g/mol. The first-order chi connectivity index (χ1) is 7.65. The molecule has 82 valence electrons. The zero-order valence-electron chi connectivity index (χ0n) is 8.28. The molecule has 0 spiro atoms. The van der Waals surface area contributed by atoms with E-state index < -0.39 is 0 Å². The fraction of sp³-hybridized carbons (Fsp3) is 0. The van der Waals surface area contributed by atoms with Crippen LogP contribution in [0, 0.1) is 5.82 Å². The summed E-state index contributed by atoms with van der Waals surface area (Å²) in [6, 6.07) is 11.1. The van der Waals surface area contributed by atoms with E-state index in [1.54, 1.807) is 30.3 Å². The molecule has 2 aromatic rings. The second kappa shape index (κ2) is 4.53. The quantitative estimate of drug-likeness (QED) is 0.846. The third-order valence-electron chi connectivity index (χ3n) is 1.98. The van der Waals surface area contributed by atoms with Crippen molar-refractivity contribution in [1.29, 1.82) is 0 Å². The first kappa shape index (κ1) is 11.0. The maximum atomic E-state index is 12.9. The van der Waals surface area contributed by atoms with Crippen LogP contribution in [0.25, 0.3) is 0 Å². The molecule has 0 aliphatic carbocycles. The van der Waals surface area contributed by atoms with Gasteiger partial charge in [0.15, 0.2) is 0 Å². The topological polar surface area (TPSA) is 35.2 Å². The lowest BCUT2D eigenvalue weighted by Gasteiger charge is -2.08. The van der Waals surface area contributed by atoms with E-state index in [0.717, 1.165) is 4.47 Å². The van der Waals surface area contributed by atoms with Gasteiger partial charge in [-0.15, -0.1) is 0 Å². The first-order valence-corrected chi connectivity index (χ1v) is 5.43. The molecule has 0 aliphatic rings. The van der Waals surface area contributed by atoms with Crippen molar-refractivity contribution in [3.05, 3.63) is 52.8 Å². The summed E-state index contributed by atoms with van der Waals surface area (Å²) >= 11 is 3.32. The van der Waals surface area contributed by atoms with Gasteiger partial charge in [-0.2, -0.15) is 0 Å². The normalized spacial score (nSPS) is 10.1. The number of rotatable bonds is 2. The minimum Gasteiger partial charge on any atom is -0.456 e. The summed E-state index contributed by atoms with van der Waals surface area (Å²) in [7, 11) is 0. The lowest BCUT2D eigenvalue weighted by molar-refractivity contribution is 0.474. The predicted octanol–water partition coefficient (Wildman–Crippen LogP) is 3.96. The molecule has 0 amide bonds. The molecule has 0 bridgehead atoms. The summed E-state index contributed by atoms with van der Waals surface area (Å²) in [5, 5.41) is 0. The van der Waals surface area contributed by atoms with Gasteiger partial charge in [0.25, 0.3) is 0 Å². The third-order valence-corrected chi connectivity index (χ3v) is 2.60. The number of ether oxygens (including phenoxy) is 1. The molecule has 0 saturated heterocycles. The largest absolute Gasteiger partial charge is 0.456 e. The van der Waals surface area contributed by atoms with E-state index in [-0.39, 0.29) is 5.82 Å². The Bertz CT molecular complexity index is 516. The number of benzene rings is 2. The Kier molecular flexibility index (Phi) is 3.10. The zero-order chi connectivity index (χ0) is 11.5. The summed E-state index contributed by atoms with van der Waals surface area (Å²) in [5.74, 6) is 0.717. The van der Waals surface area contributed by atoms with Crippen molar-refractivity contribution in [3.63, 3.8) is 0 Å². The van der Waals surface area contributed by atoms with Crippen molar-refractivity contribution in [3.8, 4) is 11.5 Å². The van der Waals surface area contributed by atoms with E-state index >= 15 is 0 Å². The van der Waals surface area contributed by atoms with E-state index in [0.29, 0.717) is 17.2 Å². The molecule has 2 nitrogen and oxygen atoms in total. The van der Waals surface area contributed by atoms with Gasteiger partial charge in [0, 0.05) is 11.8 Å². The summed E-state index contributed by atoms with van der Waals surface area (Å²) in [4.78, 5) is 0. The van der Waals surface area contributed by atoms with Crippen LogP contribution >= 0.6 is 15.9 Å². The van der Waals surface area contributed by atoms with Crippen molar-refractivity contribution < 1.29 is 9.13 Å². The zero-order valence-corrected chi connectivity index (χ0v) is 9.87. The molecule has 2 rings (SSSR count). The molecule has 0 radical (unpaired) electrons. The van der Waals surface area contributed by atoms with Crippen molar-refractivity contribution >= 4 is 21.6 Å². The van der Waals surface area contributed by atoms with E-state index in [1.165, 1.54) is 12.1 Å². The Balaban J connectivity index is 2.27. The van der Waals surface area contributed by atoms with Gasteiger partial charge < -0.3 is 10.5 Å². The molecular formula is C12H9BrFNO. The van der Waals surface area contributed by atoms with Crippen molar-refractivity contribution in [2.45, 2.75) is 0 Å². The van der Waals surface area contributed by atoms with E-state index in [2.05, 4.69) is 15.9 Å². The van der Waals surface area contributed by atoms with E-state index in [9.17, 15) is 4.39 Å². The second-order valence-corrected chi connectivity index (χ2v) is 4.10. The van der Waals surface area contributed by atoms with Crippen LogP contribution in [0.3, 0.4) is 0 Å². The molecule has 4 heteroatoms. The van der Waals surface area contributed by atoms with Crippen molar-refractivity contribution in [2.75, 3.05) is 5.73 Å². The molecule has 0 atom stereocenters. The lowest BCUT2D eigenvalue weighted by Crippen LogP contribution is -1.89. The Hall–Kier alpha value is -1.55. The predicted molar refractivity (Wildman–Crippen MR) is 65.0 cm³/mol. The fourth-order valence-electron chi connectivity index (χ4n) is 1.26. The van der Waals surface area contributed by atoms with Gasteiger partial charge in [-0.25, -0.2) is 4.39 Å². The maximum absolute atomic E-state index is 12.9. The third kappa shape index (κ3) is 2.52. The summed E-state index contributed by atoms with van der Waals surface area (Å²) in [5.41, 5.74) is 6.24. The fourth-order valence-corrected chi connectivity index (χ4v) is 1.73. The van der Waals surface area contributed by atoms with Gasteiger partial charge in [0.2, 0.25) is 0 Å². The van der Waals surface area contributed by atoms with Crippen LogP contribution in [0.15, 0.2) is 46.9 Å². The van der Waals surface area contributed by atoms with E-state index in [1.807, 2.05) is 0 Å². The minimum atomic E-state index is -0.330. The van der Waals surface area contributed by atoms with Crippen LogP contribution in [0.5, 0.6) is 11.5 Å². The van der Waals surface area contributed by atoms with Gasteiger partial charge in [-0.05, 0) is 46.3 Å². The molecule has 0 aliphatic heterocycles. The Morgan fingerprint density at radius 2 is 1.94 bits per heavy atom. The first-order valence-electron chi connectivity index (χ1n) is 4.63. The molecule has 0 unspecified atom stereocenters. The summed E-state index contributed by atoms with van der Waals surface area (Å²) in [6.07, 6.45) is 0. The maximum Gasteiger partial charge on any atom is 0.141 e. The Morgan fingerprint density at radius 3 is 2.62 bits per heavy atom. The average Bonchev–Trinajstić information content (AvgIpc) is 2.22. The Labute approximate surface area is 101 Å². The standard InChI is InChI=1S/C12H9BrFNO/c13-11-7-9(15)4-5-12(11)16-10-3-1-2-8(14)6-10/h1-7H,15H2. The van der Waals surface area contributed by atoms with Crippen LogP contribution in [0.4, 0.5) is 10.1 Å². The molecule has 0 fully saturated rings. The Morgan fingerprint density at radius 1 is 1.12 bits per heavy atom. The van der Waals surface area contributed by atoms with Gasteiger partial charge >= 0.3 is 0 Å². The van der Waals surface area contributed by atoms with Crippen LogP contribution in [0.2, 0.25) is 0 Å². The highest BCUT2D eigenvalue weighted by molar-refractivity contribution is 9.10. The number of nitrogens with two attached hydrogens (primary N) is 1. The SMILES string of the molecule is Nc1ccc(Oc2cccc(F)c2)c(Br)c1. The van der Waals surface area contributed by atoms with Crippen molar-refractivity contribution in [2.24, 2.45) is 0 Å². The molecule has 2 aromatic carbocycles. The smallest absolute Gasteiger partial charge is 0.141 e. The molecule has 2 N–H and O–H groups in total. The summed E-state index contributed by atoms with van der Waals surface area (Å²) in [6.45, 7) is 0. The number of hydrogen-bond donors (Lipinski definition) is 1. The number of hydrogen-bond acceptors (Lipinski definition) is 2. The molecule has 0 heterocycles. The highest BCUT2D eigenvalue weighted by Gasteiger charge is 2.03. The molecule has 0 aromatic heterocycles. The van der Waals surface area contributed by atoms with Crippen LogP contribution in [0.1, 0.15) is 0 Å². The van der Waals surface area contributed by atoms with Crippen LogP contribution in [-0.4, -0.2) is 0 Å². The monoisotopic (exact) mass is 281 g/mol. The lowest BCUT2D eigenvalue weighted by atomic mass is 10.3. The van der Waals surface area contributed by atoms with Gasteiger partial charge in [-0.1, -0.05) is 6.07 Å². The second-order valence-electron chi connectivity index (χ2n) is 3.25. The van der Waals surface area contributed by atoms with Gasteiger partial charge in [-0.3, -0.25) is 0 Å². The average molecular weight is 282 g/mol. The number of anilines is 1. The minimum absolute atomic E-state index is 0.330. The van der Waals surface area contributed by atoms with E-state index in [4.69, 9.17) is 10.5 Å². The molecule has 0 saturated carbocycles. The highest BCUT2D eigenvalue weighted by Crippen LogP contribution is 2.31.